The Morgan fingerprint density at radius 3 is 2.77 bits per heavy atom. The molecule has 0 aliphatic heterocycles. The van der Waals surface area contributed by atoms with Gasteiger partial charge in [0.2, 0.25) is 0 Å². The zero-order chi connectivity index (χ0) is 9.26. The van der Waals surface area contributed by atoms with Crippen molar-refractivity contribution in [2.75, 3.05) is 0 Å². The van der Waals surface area contributed by atoms with Crippen LogP contribution in [0.3, 0.4) is 0 Å². The van der Waals surface area contributed by atoms with Gasteiger partial charge in [0.05, 0.1) is 0 Å². The number of nitrogens with zero attached hydrogens (tertiary/aromatic N) is 1. The van der Waals surface area contributed by atoms with Gasteiger partial charge in [-0.2, -0.15) is 0 Å². The van der Waals surface area contributed by atoms with Crippen molar-refractivity contribution < 1.29 is 9.90 Å². The lowest BCUT2D eigenvalue weighted by Gasteiger charge is -1.98. The molecule has 1 aromatic rings. The number of carboxylic acids is 1. The summed E-state index contributed by atoms with van der Waals surface area (Å²) in [5.41, 5.74) is 1.27. The third kappa shape index (κ3) is 2.05. The zero-order valence-electron chi connectivity index (χ0n) is 7.23. The average molecular weight is 177 g/mol. The molecule has 1 aromatic heterocycles. The van der Waals surface area contributed by atoms with Crippen LogP contribution in [0.25, 0.3) is 0 Å². The Balaban J connectivity index is 2.08. The summed E-state index contributed by atoms with van der Waals surface area (Å²) in [6, 6.07) is 3.43. The molecule has 1 aliphatic carbocycles. The molecule has 0 amide bonds. The summed E-state index contributed by atoms with van der Waals surface area (Å²) in [6.07, 6.45) is 5.33. The molecule has 0 saturated heterocycles. The normalized spacial score (nSPS) is 15.7. The van der Waals surface area contributed by atoms with Crippen molar-refractivity contribution in [1.29, 1.82) is 0 Å². The first kappa shape index (κ1) is 8.23. The number of hydrogen-bond donors (Lipinski definition) is 1. The van der Waals surface area contributed by atoms with Crippen molar-refractivity contribution in [2.24, 2.45) is 5.92 Å². The quantitative estimate of drug-likeness (QED) is 0.764. The van der Waals surface area contributed by atoms with Gasteiger partial charge in [-0.1, -0.05) is 6.07 Å². The molecule has 1 heterocycles. The first-order valence-electron chi connectivity index (χ1n) is 4.44. The predicted octanol–water partition coefficient (Wildman–Crippen LogP) is 1.73. The van der Waals surface area contributed by atoms with Crippen molar-refractivity contribution in [2.45, 2.75) is 19.3 Å². The van der Waals surface area contributed by atoms with Crippen LogP contribution in [0.4, 0.5) is 0 Å². The predicted molar refractivity (Wildman–Crippen MR) is 47.6 cm³/mol. The van der Waals surface area contributed by atoms with E-state index < -0.39 is 5.97 Å². The van der Waals surface area contributed by atoms with E-state index in [2.05, 4.69) is 4.98 Å². The van der Waals surface area contributed by atoms with Gasteiger partial charge < -0.3 is 5.11 Å². The van der Waals surface area contributed by atoms with Gasteiger partial charge in [0.1, 0.15) is 5.69 Å². The van der Waals surface area contributed by atoms with Crippen LogP contribution >= 0.6 is 0 Å². The Morgan fingerprint density at radius 1 is 1.54 bits per heavy atom. The van der Waals surface area contributed by atoms with Gasteiger partial charge in [0.25, 0.3) is 0 Å². The summed E-state index contributed by atoms with van der Waals surface area (Å²) in [6.45, 7) is 0. The molecule has 13 heavy (non-hydrogen) atoms. The third-order valence-corrected chi connectivity index (χ3v) is 2.27. The van der Waals surface area contributed by atoms with Crippen molar-refractivity contribution in [3.63, 3.8) is 0 Å². The van der Waals surface area contributed by atoms with E-state index >= 15 is 0 Å². The lowest BCUT2D eigenvalue weighted by Crippen LogP contribution is -2.00. The molecule has 68 valence electrons. The number of carboxylic acid groups (broad SMARTS) is 1. The number of hydrogen-bond acceptors (Lipinski definition) is 2. The van der Waals surface area contributed by atoms with Crippen LogP contribution in [0.5, 0.6) is 0 Å². The standard InChI is InChI=1S/C10H11NO2/c12-10(13)9-4-3-8(6-11-9)5-7-1-2-7/h3-4,6-7H,1-2,5H2,(H,12,13). The van der Waals surface area contributed by atoms with E-state index in [1.165, 1.54) is 12.8 Å². The van der Waals surface area contributed by atoms with E-state index in [1.807, 2.05) is 6.07 Å². The van der Waals surface area contributed by atoms with Gasteiger partial charge in [0, 0.05) is 6.20 Å². The minimum absolute atomic E-state index is 0.125. The summed E-state index contributed by atoms with van der Waals surface area (Å²) < 4.78 is 0. The van der Waals surface area contributed by atoms with Crippen molar-refractivity contribution in [1.82, 2.24) is 4.98 Å². The largest absolute Gasteiger partial charge is 0.477 e. The Bertz CT molecular complexity index is 314. The number of pyridine rings is 1. The van der Waals surface area contributed by atoms with E-state index in [0.29, 0.717) is 0 Å². The van der Waals surface area contributed by atoms with Crippen LogP contribution in [0.15, 0.2) is 18.3 Å². The van der Waals surface area contributed by atoms with Crippen LogP contribution in [0, 0.1) is 5.92 Å². The van der Waals surface area contributed by atoms with Crippen molar-refractivity contribution in [3.8, 4) is 0 Å². The van der Waals surface area contributed by atoms with Crippen LogP contribution in [-0.4, -0.2) is 16.1 Å². The highest BCUT2D eigenvalue weighted by molar-refractivity contribution is 5.85. The van der Waals surface area contributed by atoms with Gasteiger partial charge in [-0.15, -0.1) is 0 Å². The molecule has 1 N–H and O–H groups in total. The zero-order valence-corrected chi connectivity index (χ0v) is 7.23. The molecular formula is C10H11NO2. The van der Waals surface area contributed by atoms with Crippen LogP contribution < -0.4 is 0 Å². The average Bonchev–Trinajstić information content (AvgIpc) is 2.89. The van der Waals surface area contributed by atoms with Crippen molar-refractivity contribution >= 4 is 5.97 Å². The molecule has 2 rings (SSSR count). The van der Waals surface area contributed by atoms with E-state index in [0.717, 1.165) is 17.9 Å². The number of aromatic carboxylic acids is 1. The second-order valence-electron chi connectivity index (χ2n) is 3.50. The monoisotopic (exact) mass is 177 g/mol. The molecule has 0 bridgehead atoms. The fraction of sp³-hybridized carbons (Fsp3) is 0.400. The lowest BCUT2D eigenvalue weighted by atomic mass is 10.1. The maximum atomic E-state index is 10.5. The van der Waals surface area contributed by atoms with Gasteiger partial charge in [0.15, 0.2) is 0 Å². The second kappa shape index (κ2) is 3.17. The van der Waals surface area contributed by atoms with Crippen LogP contribution in [0.2, 0.25) is 0 Å². The van der Waals surface area contributed by atoms with Crippen LogP contribution in [-0.2, 0) is 6.42 Å². The van der Waals surface area contributed by atoms with Crippen molar-refractivity contribution in [3.05, 3.63) is 29.6 Å². The fourth-order valence-corrected chi connectivity index (χ4v) is 1.33. The highest BCUT2D eigenvalue weighted by Gasteiger charge is 2.21. The van der Waals surface area contributed by atoms with Gasteiger partial charge in [-0.3, -0.25) is 0 Å². The van der Waals surface area contributed by atoms with E-state index in [-0.39, 0.29) is 5.69 Å². The summed E-state index contributed by atoms with van der Waals surface area (Å²) in [4.78, 5) is 14.3. The molecule has 1 saturated carbocycles. The lowest BCUT2D eigenvalue weighted by molar-refractivity contribution is 0.0690. The minimum atomic E-state index is -0.960. The summed E-state index contributed by atoms with van der Waals surface area (Å²) in [5, 5.41) is 8.61. The fourth-order valence-electron chi connectivity index (χ4n) is 1.33. The molecular weight excluding hydrogens is 166 g/mol. The highest BCUT2D eigenvalue weighted by Crippen LogP contribution is 2.32. The Hall–Kier alpha value is -1.38. The molecule has 1 aliphatic rings. The maximum absolute atomic E-state index is 10.5. The Labute approximate surface area is 76.4 Å². The first-order valence-corrected chi connectivity index (χ1v) is 4.44. The topological polar surface area (TPSA) is 50.2 Å². The third-order valence-electron chi connectivity index (χ3n) is 2.27. The number of carbonyl (C=O) groups is 1. The highest BCUT2D eigenvalue weighted by atomic mass is 16.4. The molecule has 0 radical (unpaired) electrons. The number of aromatic nitrogens is 1. The minimum Gasteiger partial charge on any atom is -0.477 e. The summed E-state index contributed by atoms with van der Waals surface area (Å²) in [7, 11) is 0. The number of rotatable bonds is 3. The second-order valence-corrected chi connectivity index (χ2v) is 3.50. The van der Waals surface area contributed by atoms with Gasteiger partial charge >= 0.3 is 5.97 Å². The molecule has 0 unspecified atom stereocenters. The van der Waals surface area contributed by atoms with Gasteiger partial charge in [-0.25, -0.2) is 9.78 Å². The van der Waals surface area contributed by atoms with E-state index in [1.54, 1.807) is 12.3 Å². The Morgan fingerprint density at radius 2 is 2.31 bits per heavy atom. The van der Waals surface area contributed by atoms with E-state index in [9.17, 15) is 4.79 Å². The van der Waals surface area contributed by atoms with Gasteiger partial charge in [-0.05, 0) is 36.8 Å². The SMILES string of the molecule is O=C(O)c1ccc(CC2CC2)cn1. The summed E-state index contributed by atoms with van der Waals surface area (Å²) in [5.74, 6) is -0.143. The maximum Gasteiger partial charge on any atom is 0.354 e. The molecule has 0 spiro atoms. The molecule has 1 fully saturated rings. The Kier molecular flexibility index (Phi) is 2.00. The summed E-state index contributed by atoms with van der Waals surface area (Å²) >= 11 is 0. The van der Waals surface area contributed by atoms with E-state index in [4.69, 9.17) is 5.11 Å². The molecule has 0 atom stereocenters. The molecule has 3 nitrogen and oxygen atoms in total. The molecule has 3 heteroatoms. The first-order chi connectivity index (χ1) is 6.25. The van der Waals surface area contributed by atoms with Crippen LogP contribution in [0.1, 0.15) is 28.9 Å². The molecule has 0 aromatic carbocycles. The smallest absolute Gasteiger partial charge is 0.354 e.